The third-order valence-electron chi connectivity index (χ3n) is 4.27. The van der Waals surface area contributed by atoms with Gasteiger partial charge in [0, 0.05) is 26.2 Å². The van der Waals surface area contributed by atoms with Crippen LogP contribution in [0.5, 0.6) is 0 Å². The van der Waals surface area contributed by atoms with Crippen molar-refractivity contribution in [3.8, 4) is 0 Å². The Hall–Kier alpha value is -2.61. The fourth-order valence-electron chi connectivity index (χ4n) is 2.79. The molecular formula is C18H25N3O5. The Kier molecular flexibility index (Phi) is 6.97. The van der Waals surface area contributed by atoms with Gasteiger partial charge in [-0.25, -0.2) is 9.59 Å². The van der Waals surface area contributed by atoms with Gasteiger partial charge in [0.1, 0.15) is 0 Å². The van der Waals surface area contributed by atoms with Crippen LogP contribution in [0.15, 0.2) is 24.3 Å². The number of carbonyl (C=O) groups is 3. The first kappa shape index (κ1) is 19.7. The molecule has 2 rings (SSSR count). The van der Waals surface area contributed by atoms with Crippen LogP contribution < -0.4 is 5.73 Å². The molecule has 1 atom stereocenters. The summed E-state index contributed by atoms with van der Waals surface area (Å²) in [6, 6.07) is 6.15. The van der Waals surface area contributed by atoms with E-state index < -0.39 is 12.0 Å². The molecule has 1 aliphatic heterocycles. The lowest BCUT2D eigenvalue weighted by atomic mass is 10.0. The normalized spacial score (nSPS) is 15.3. The van der Waals surface area contributed by atoms with Crippen molar-refractivity contribution in [1.82, 2.24) is 9.80 Å². The van der Waals surface area contributed by atoms with E-state index in [4.69, 9.17) is 10.5 Å². The van der Waals surface area contributed by atoms with Gasteiger partial charge in [0.05, 0.1) is 25.3 Å². The number of carbonyl (C=O) groups excluding carboxylic acids is 3. The molecule has 1 fully saturated rings. The van der Waals surface area contributed by atoms with Crippen LogP contribution in [0.4, 0.5) is 4.79 Å². The molecule has 0 saturated carbocycles. The summed E-state index contributed by atoms with van der Waals surface area (Å²) < 4.78 is 9.62. The maximum Gasteiger partial charge on any atom is 0.409 e. The minimum absolute atomic E-state index is 0.148. The van der Waals surface area contributed by atoms with Crippen LogP contribution in [-0.2, 0) is 20.7 Å². The van der Waals surface area contributed by atoms with Crippen molar-refractivity contribution in [2.75, 3.05) is 39.9 Å². The minimum atomic E-state index is -0.673. The second kappa shape index (κ2) is 9.19. The number of hydrogen-bond acceptors (Lipinski definition) is 6. The monoisotopic (exact) mass is 363 g/mol. The van der Waals surface area contributed by atoms with Crippen LogP contribution in [0.1, 0.15) is 22.8 Å². The average Bonchev–Trinajstić information content (AvgIpc) is 2.67. The Morgan fingerprint density at radius 3 is 2.19 bits per heavy atom. The number of nitrogens with zero attached hydrogens (tertiary/aromatic N) is 2. The lowest BCUT2D eigenvalue weighted by Crippen LogP contribution is -2.54. The molecule has 2 amide bonds. The highest BCUT2D eigenvalue weighted by Gasteiger charge is 2.27. The molecule has 142 valence electrons. The summed E-state index contributed by atoms with van der Waals surface area (Å²) in [4.78, 5) is 38.9. The second-order valence-electron chi connectivity index (χ2n) is 6.01. The standard InChI is InChI=1S/C18H25N3O5/c1-3-26-18(24)21-10-8-20(9-11-21)16(22)15(19)12-13-4-6-14(7-5-13)17(23)25-2/h4-7,15H,3,8-12,19H2,1-2H3/t15-/m0/s1. The van der Waals surface area contributed by atoms with Gasteiger partial charge in [-0.2, -0.15) is 0 Å². The largest absolute Gasteiger partial charge is 0.465 e. The van der Waals surface area contributed by atoms with Gasteiger partial charge in [0.25, 0.3) is 0 Å². The molecule has 1 heterocycles. The third-order valence-corrected chi connectivity index (χ3v) is 4.27. The van der Waals surface area contributed by atoms with E-state index in [0.717, 1.165) is 5.56 Å². The molecule has 0 aromatic heterocycles. The van der Waals surface area contributed by atoms with E-state index in [9.17, 15) is 14.4 Å². The van der Waals surface area contributed by atoms with Gasteiger partial charge < -0.3 is 25.0 Å². The smallest absolute Gasteiger partial charge is 0.409 e. The van der Waals surface area contributed by atoms with Crippen LogP contribution in [0, 0.1) is 0 Å². The number of esters is 1. The predicted octanol–water partition coefficient (Wildman–Crippen LogP) is 0.644. The van der Waals surface area contributed by atoms with E-state index in [2.05, 4.69) is 4.74 Å². The van der Waals surface area contributed by atoms with E-state index in [1.807, 2.05) is 0 Å². The molecular weight excluding hydrogens is 338 g/mol. The Morgan fingerprint density at radius 1 is 1.08 bits per heavy atom. The lowest BCUT2D eigenvalue weighted by molar-refractivity contribution is -0.134. The summed E-state index contributed by atoms with van der Waals surface area (Å²) in [5.74, 6) is -0.554. The van der Waals surface area contributed by atoms with Crippen LogP contribution in [0.2, 0.25) is 0 Å². The van der Waals surface area contributed by atoms with Crippen molar-refractivity contribution in [2.24, 2.45) is 5.73 Å². The highest BCUT2D eigenvalue weighted by molar-refractivity contribution is 5.89. The highest BCUT2D eigenvalue weighted by atomic mass is 16.6. The second-order valence-corrected chi connectivity index (χ2v) is 6.01. The summed E-state index contributed by atoms with van der Waals surface area (Å²) in [5.41, 5.74) is 7.37. The Balaban J connectivity index is 1.86. The summed E-state index contributed by atoms with van der Waals surface area (Å²) in [5, 5.41) is 0. The highest BCUT2D eigenvalue weighted by Crippen LogP contribution is 2.10. The summed E-state index contributed by atoms with van der Waals surface area (Å²) in [6.07, 6.45) is 0.0212. The maximum absolute atomic E-state index is 12.5. The molecule has 0 bridgehead atoms. The Labute approximate surface area is 152 Å². The van der Waals surface area contributed by atoms with Crippen molar-refractivity contribution in [1.29, 1.82) is 0 Å². The zero-order valence-corrected chi connectivity index (χ0v) is 15.1. The van der Waals surface area contributed by atoms with Crippen LogP contribution >= 0.6 is 0 Å². The predicted molar refractivity (Wildman–Crippen MR) is 94.6 cm³/mol. The first-order valence-corrected chi connectivity index (χ1v) is 8.59. The first-order valence-electron chi connectivity index (χ1n) is 8.59. The third kappa shape index (κ3) is 4.95. The van der Waals surface area contributed by atoms with Gasteiger partial charge >= 0.3 is 12.1 Å². The molecule has 0 spiro atoms. The van der Waals surface area contributed by atoms with E-state index in [-0.39, 0.29) is 12.0 Å². The van der Waals surface area contributed by atoms with Crippen molar-refractivity contribution in [3.63, 3.8) is 0 Å². The summed E-state index contributed by atoms with van der Waals surface area (Å²) in [6.45, 7) is 3.83. The molecule has 2 N–H and O–H groups in total. The molecule has 8 nitrogen and oxygen atoms in total. The topological polar surface area (TPSA) is 102 Å². The van der Waals surface area contributed by atoms with E-state index in [1.54, 1.807) is 41.0 Å². The number of piperazine rings is 1. The van der Waals surface area contributed by atoms with Gasteiger partial charge in [-0.15, -0.1) is 0 Å². The zero-order valence-electron chi connectivity index (χ0n) is 15.1. The maximum atomic E-state index is 12.5. The lowest BCUT2D eigenvalue weighted by Gasteiger charge is -2.35. The first-order chi connectivity index (χ1) is 12.5. The van der Waals surface area contributed by atoms with Crippen LogP contribution in [0.25, 0.3) is 0 Å². The molecule has 0 radical (unpaired) electrons. The number of rotatable bonds is 5. The number of ether oxygens (including phenoxy) is 2. The molecule has 26 heavy (non-hydrogen) atoms. The molecule has 1 aromatic carbocycles. The molecule has 1 aromatic rings. The molecule has 0 unspecified atom stereocenters. The summed E-state index contributed by atoms with van der Waals surface area (Å²) in [7, 11) is 1.33. The van der Waals surface area contributed by atoms with E-state index in [1.165, 1.54) is 7.11 Å². The summed E-state index contributed by atoms with van der Waals surface area (Å²) >= 11 is 0. The van der Waals surface area contributed by atoms with E-state index >= 15 is 0 Å². The number of methoxy groups -OCH3 is 1. The Bertz CT molecular complexity index is 639. The quantitative estimate of drug-likeness (QED) is 0.771. The number of benzene rings is 1. The fourth-order valence-corrected chi connectivity index (χ4v) is 2.79. The average molecular weight is 363 g/mol. The van der Waals surface area contributed by atoms with Crippen molar-refractivity contribution in [3.05, 3.63) is 35.4 Å². The number of hydrogen-bond donors (Lipinski definition) is 1. The number of nitrogens with two attached hydrogens (primary N) is 1. The van der Waals surface area contributed by atoms with Gasteiger partial charge in [-0.05, 0) is 31.0 Å². The van der Waals surface area contributed by atoms with Gasteiger partial charge in [0.15, 0.2) is 0 Å². The van der Waals surface area contributed by atoms with Crippen molar-refractivity contribution < 1.29 is 23.9 Å². The fraction of sp³-hybridized carbons (Fsp3) is 0.500. The van der Waals surface area contributed by atoms with E-state index in [0.29, 0.717) is 44.8 Å². The number of amides is 2. The minimum Gasteiger partial charge on any atom is -0.465 e. The molecule has 1 aliphatic rings. The van der Waals surface area contributed by atoms with Gasteiger partial charge in [0.2, 0.25) is 5.91 Å². The van der Waals surface area contributed by atoms with Crippen molar-refractivity contribution in [2.45, 2.75) is 19.4 Å². The molecule has 8 heteroatoms. The van der Waals surface area contributed by atoms with Crippen molar-refractivity contribution >= 4 is 18.0 Å². The molecule has 0 aliphatic carbocycles. The zero-order chi connectivity index (χ0) is 19.1. The molecule has 1 saturated heterocycles. The SMILES string of the molecule is CCOC(=O)N1CCN(C(=O)[C@@H](N)Cc2ccc(C(=O)OC)cc2)CC1. The van der Waals surface area contributed by atoms with Crippen LogP contribution in [-0.4, -0.2) is 73.7 Å². The van der Waals surface area contributed by atoms with Crippen LogP contribution in [0.3, 0.4) is 0 Å². The van der Waals surface area contributed by atoms with Gasteiger partial charge in [-0.1, -0.05) is 12.1 Å². The van der Waals surface area contributed by atoms with Gasteiger partial charge in [-0.3, -0.25) is 4.79 Å². The Morgan fingerprint density at radius 2 is 1.65 bits per heavy atom.